The van der Waals surface area contributed by atoms with Gasteiger partial charge in [-0.25, -0.2) is 4.79 Å². The first-order chi connectivity index (χ1) is 12.6. The zero-order valence-electron chi connectivity index (χ0n) is 15.0. The second kappa shape index (κ2) is 8.58. The zero-order chi connectivity index (χ0) is 18.6. The zero-order valence-corrected chi connectivity index (χ0v) is 17.1. The Hall–Kier alpha value is -1.32. The van der Waals surface area contributed by atoms with E-state index in [1.807, 2.05) is 18.2 Å². The Labute approximate surface area is 166 Å². The average molecular weight is 474 g/mol. The lowest BCUT2D eigenvalue weighted by atomic mass is 9.86. The van der Waals surface area contributed by atoms with Gasteiger partial charge in [-0.3, -0.25) is 0 Å². The van der Waals surface area contributed by atoms with Crippen LogP contribution >= 0.6 is 22.6 Å². The van der Waals surface area contributed by atoms with E-state index >= 15 is 0 Å². The van der Waals surface area contributed by atoms with Gasteiger partial charge in [0, 0.05) is 18.9 Å². The number of carbonyl (C=O) groups is 1. The van der Waals surface area contributed by atoms with Gasteiger partial charge < -0.3 is 23.7 Å². The minimum absolute atomic E-state index is 0.342. The molecule has 2 aliphatic rings. The van der Waals surface area contributed by atoms with Crippen molar-refractivity contribution in [2.24, 2.45) is 0 Å². The third-order valence-electron chi connectivity index (χ3n) is 4.52. The van der Waals surface area contributed by atoms with Gasteiger partial charge in [-0.2, -0.15) is 0 Å². The lowest BCUT2D eigenvalue weighted by Crippen LogP contribution is -2.42. The molecule has 1 atom stereocenters. The summed E-state index contributed by atoms with van der Waals surface area (Å²) < 4.78 is 29.5. The summed E-state index contributed by atoms with van der Waals surface area (Å²) in [5.74, 6) is 0.324. The molecule has 26 heavy (non-hydrogen) atoms. The number of halogens is 1. The number of hydrogen-bond donors (Lipinski definition) is 0. The van der Waals surface area contributed by atoms with Crippen molar-refractivity contribution in [2.75, 3.05) is 26.9 Å². The third-order valence-corrected chi connectivity index (χ3v) is 5.37. The molecule has 0 N–H and O–H groups in total. The van der Waals surface area contributed by atoms with Crippen LogP contribution in [0.4, 0.5) is 0 Å². The maximum Gasteiger partial charge on any atom is 0.330 e. The Morgan fingerprint density at radius 2 is 2.15 bits per heavy atom. The van der Waals surface area contributed by atoms with E-state index in [9.17, 15) is 4.79 Å². The van der Waals surface area contributed by atoms with Gasteiger partial charge in [-0.05, 0) is 53.6 Å². The molecule has 7 heteroatoms. The van der Waals surface area contributed by atoms with Gasteiger partial charge in [0.25, 0.3) is 0 Å². The molecule has 1 saturated heterocycles. The van der Waals surface area contributed by atoms with Crippen molar-refractivity contribution < 1.29 is 28.5 Å². The molecule has 0 unspecified atom stereocenters. The number of benzene rings is 1. The number of methoxy groups -OCH3 is 1. The Kier molecular flexibility index (Phi) is 6.42. The molecule has 1 spiro atoms. The molecule has 3 rings (SSSR count). The lowest BCUT2D eigenvalue weighted by Gasteiger charge is -2.38. The van der Waals surface area contributed by atoms with Gasteiger partial charge in [0.05, 0.1) is 30.5 Å². The predicted molar refractivity (Wildman–Crippen MR) is 103 cm³/mol. The highest BCUT2D eigenvalue weighted by Gasteiger charge is 2.44. The highest BCUT2D eigenvalue weighted by Crippen LogP contribution is 2.42. The maximum atomic E-state index is 12.0. The fourth-order valence-electron chi connectivity index (χ4n) is 3.29. The van der Waals surface area contributed by atoms with E-state index in [2.05, 4.69) is 22.6 Å². The normalized spacial score (nSPS) is 23.2. The van der Waals surface area contributed by atoms with Crippen LogP contribution in [-0.2, 0) is 19.0 Å². The van der Waals surface area contributed by atoms with E-state index in [0.717, 1.165) is 9.14 Å². The molecule has 0 aromatic heterocycles. The van der Waals surface area contributed by atoms with E-state index < -0.39 is 5.79 Å². The van der Waals surface area contributed by atoms with Crippen molar-refractivity contribution in [3.63, 3.8) is 0 Å². The van der Waals surface area contributed by atoms with Gasteiger partial charge in [0.2, 0.25) is 0 Å². The summed E-state index contributed by atoms with van der Waals surface area (Å²) in [6.45, 7) is 3.29. The molecule has 1 heterocycles. The Morgan fingerprint density at radius 3 is 2.85 bits per heavy atom. The van der Waals surface area contributed by atoms with Crippen LogP contribution in [0.2, 0.25) is 0 Å². The van der Waals surface area contributed by atoms with Crippen molar-refractivity contribution in [2.45, 2.75) is 38.1 Å². The molecule has 0 amide bonds. The van der Waals surface area contributed by atoms with Crippen LogP contribution in [0, 0.1) is 3.57 Å². The SMILES string of the molecule is CCOC(=O)/C=C1\CCC2(C[C@@H]1Oc1c(I)cccc1OC)OCCO2. The number of para-hydroxylation sites is 1. The molecule has 2 fully saturated rings. The highest BCUT2D eigenvalue weighted by molar-refractivity contribution is 14.1. The molecule has 6 nitrogen and oxygen atoms in total. The average Bonchev–Trinajstić information content (AvgIpc) is 3.07. The predicted octanol–water partition coefficient (Wildman–Crippen LogP) is 3.46. The molecule has 1 aliphatic carbocycles. The number of rotatable bonds is 5. The van der Waals surface area contributed by atoms with Gasteiger partial charge >= 0.3 is 5.97 Å². The minimum Gasteiger partial charge on any atom is -0.493 e. The Bertz CT molecular complexity index is 681. The monoisotopic (exact) mass is 474 g/mol. The lowest BCUT2D eigenvalue weighted by molar-refractivity contribution is -0.184. The molecule has 0 radical (unpaired) electrons. The number of esters is 1. The molecular formula is C19H23IO6. The third kappa shape index (κ3) is 4.32. The fraction of sp³-hybridized carbons (Fsp3) is 0.526. The summed E-state index contributed by atoms with van der Waals surface area (Å²) in [6.07, 6.45) is 3.05. The first-order valence-electron chi connectivity index (χ1n) is 8.71. The largest absolute Gasteiger partial charge is 0.493 e. The van der Waals surface area contributed by atoms with Crippen molar-refractivity contribution in [1.82, 2.24) is 0 Å². The van der Waals surface area contributed by atoms with Crippen LogP contribution in [0.25, 0.3) is 0 Å². The summed E-state index contributed by atoms with van der Waals surface area (Å²) in [7, 11) is 1.61. The van der Waals surface area contributed by atoms with E-state index in [-0.39, 0.29) is 12.1 Å². The maximum absolute atomic E-state index is 12.0. The van der Waals surface area contributed by atoms with Gasteiger partial charge in [-0.1, -0.05) is 6.07 Å². The van der Waals surface area contributed by atoms with E-state index in [4.69, 9.17) is 23.7 Å². The summed E-state index contributed by atoms with van der Waals surface area (Å²) in [5, 5.41) is 0. The smallest absolute Gasteiger partial charge is 0.330 e. The van der Waals surface area contributed by atoms with Gasteiger partial charge in [-0.15, -0.1) is 0 Å². The number of carbonyl (C=O) groups excluding carboxylic acids is 1. The minimum atomic E-state index is -0.635. The van der Waals surface area contributed by atoms with Gasteiger partial charge in [0.15, 0.2) is 17.3 Å². The van der Waals surface area contributed by atoms with Crippen molar-refractivity contribution >= 4 is 28.6 Å². The number of hydrogen-bond acceptors (Lipinski definition) is 6. The first kappa shape index (κ1) is 19.4. The van der Waals surface area contributed by atoms with Crippen LogP contribution in [0.1, 0.15) is 26.2 Å². The molecular weight excluding hydrogens is 451 g/mol. The molecule has 1 aromatic rings. The van der Waals surface area contributed by atoms with Crippen LogP contribution in [0.5, 0.6) is 11.5 Å². The second-order valence-electron chi connectivity index (χ2n) is 6.16. The summed E-state index contributed by atoms with van der Waals surface area (Å²) in [6, 6.07) is 5.72. The van der Waals surface area contributed by atoms with Crippen molar-refractivity contribution in [3.8, 4) is 11.5 Å². The Morgan fingerprint density at radius 1 is 1.38 bits per heavy atom. The van der Waals surface area contributed by atoms with Crippen molar-refractivity contribution in [1.29, 1.82) is 0 Å². The van der Waals surface area contributed by atoms with Crippen LogP contribution in [-0.4, -0.2) is 44.8 Å². The first-order valence-corrected chi connectivity index (χ1v) is 9.79. The molecule has 1 aromatic carbocycles. The quantitative estimate of drug-likeness (QED) is 0.370. The topological polar surface area (TPSA) is 63.2 Å². The summed E-state index contributed by atoms with van der Waals surface area (Å²) >= 11 is 2.21. The van der Waals surface area contributed by atoms with Crippen LogP contribution < -0.4 is 9.47 Å². The molecule has 0 bridgehead atoms. The van der Waals surface area contributed by atoms with Gasteiger partial charge in [0.1, 0.15) is 6.10 Å². The van der Waals surface area contributed by atoms with E-state index in [0.29, 0.717) is 50.6 Å². The van der Waals surface area contributed by atoms with Crippen LogP contribution in [0.3, 0.4) is 0 Å². The summed E-state index contributed by atoms with van der Waals surface area (Å²) in [5.41, 5.74) is 0.884. The number of ether oxygens (including phenoxy) is 5. The van der Waals surface area contributed by atoms with Crippen LogP contribution in [0.15, 0.2) is 29.8 Å². The molecule has 142 valence electrons. The highest BCUT2D eigenvalue weighted by atomic mass is 127. The summed E-state index contributed by atoms with van der Waals surface area (Å²) in [4.78, 5) is 12.0. The van der Waals surface area contributed by atoms with Crippen molar-refractivity contribution in [3.05, 3.63) is 33.4 Å². The standard InChI is InChI=1S/C19H23IO6/c1-3-23-17(21)11-13-7-8-19(24-9-10-25-19)12-16(13)26-18-14(20)5-4-6-15(18)22-2/h4-6,11,16H,3,7-10,12H2,1-2H3/b13-11+/t16-/m0/s1. The second-order valence-corrected chi connectivity index (χ2v) is 7.32. The Balaban J connectivity index is 1.88. The van der Waals surface area contributed by atoms with E-state index in [1.54, 1.807) is 14.0 Å². The van der Waals surface area contributed by atoms with E-state index in [1.165, 1.54) is 6.08 Å². The fourth-order valence-corrected chi connectivity index (χ4v) is 3.90. The molecule has 1 saturated carbocycles. The molecule has 1 aliphatic heterocycles.